The Labute approximate surface area is 400 Å². The summed E-state index contributed by atoms with van der Waals surface area (Å²) >= 11 is 0. The summed E-state index contributed by atoms with van der Waals surface area (Å²) < 4.78 is 62.9. The van der Waals surface area contributed by atoms with Crippen LogP contribution in [0.3, 0.4) is 0 Å². The maximum Gasteiger partial charge on any atom is 0.338 e. The fourth-order valence-electron chi connectivity index (χ4n) is 8.07. The molecule has 0 aliphatic carbocycles. The highest BCUT2D eigenvalue weighted by Gasteiger charge is 2.58. The molecule has 6 aromatic rings. The first-order chi connectivity index (χ1) is 34.2. The number of benzene rings is 6. The largest absolute Gasteiger partial charge is 0.452 e. The molecule has 3 aliphatic heterocycles. The second-order valence-electron chi connectivity index (χ2n) is 16.2. The van der Waals surface area contributed by atoms with Crippen molar-refractivity contribution in [2.24, 2.45) is 0 Å². The Balaban J connectivity index is 1.14. The minimum Gasteiger partial charge on any atom is -0.452 e. The SMILES string of the molecule is O=C(O[C@@H]1[C@@H](OC(=O)c2ccccc2)[C@@H]2OC[C@H]3O[C@@H](OC[C@@H](O2)[C@H]1OC(=O)c1ccccc1)[C@H](OC(=O)c1ccccc1)[C@@H](OC(=O)c1ccccc1)[C@@H]3OC(=O)c1ccccc1)c1ccccc1. The average molecular weight is 949 g/mol. The Bertz CT molecular complexity index is 2420. The predicted molar refractivity (Wildman–Crippen MR) is 243 cm³/mol. The summed E-state index contributed by atoms with van der Waals surface area (Å²) in [6.45, 7) is -1.15. The van der Waals surface area contributed by atoms with E-state index in [9.17, 15) is 28.8 Å². The summed E-state index contributed by atoms with van der Waals surface area (Å²) in [7, 11) is 0. The zero-order chi connectivity index (χ0) is 48.4. The minimum absolute atomic E-state index is 0.115. The third-order valence-corrected chi connectivity index (χ3v) is 11.5. The molecule has 3 fully saturated rings. The molecule has 4 bridgehead atoms. The molecule has 70 heavy (non-hydrogen) atoms. The van der Waals surface area contributed by atoms with E-state index in [-0.39, 0.29) is 33.4 Å². The molecule has 3 heterocycles. The number of carbonyl (C=O) groups is 6. The molecule has 16 heteroatoms. The molecule has 10 atom stereocenters. The van der Waals surface area contributed by atoms with Crippen molar-refractivity contribution >= 4 is 35.8 Å². The van der Waals surface area contributed by atoms with Crippen molar-refractivity contribution < 1.29 is 76.1 Å². The number of carbonyl (C=O) groups excluding carboxylic acids is 6. The van der Waals surface area contributed by atoms with Crippen LogP contribution in [0.25, 0.3) is 0 Å². The fraction of sp³-hybridized carbons (Fsp3) is 0.222. The molecule has 356 valence electrons. The molecule has 0 unspecified atom stereocenters. The zero-order valence-corrected chi connectivity index (χ0v) is 37.0. The van der Waals surface area contributed by atoms with E-state index in [0.29, 0.717) is 0 Å². The second kappa shape index (κ2) is 21.9. The van der Waals surface area contributed by atoms with Crippen molar-refractivity contribution in [3.63, 3.8) is 0 Å². The number of hydrogen-bond acceptors (Lipinski definition) is 16. The molecule has 0 saturated carbocycles. The number of esters is 6. The van der Waals surface area contributed by atoms with Crippen LogP contribution in [0.15, 0.2) is 182 Å². The number of fused-ring (bicyclic) bond motifs is 4. The van der Waals surface area contributed by atoms with Crippen LogP contribution >= 0.6 is 0 Å². The van der Waals surface area contributed by atoms with Gasteiger partial charge in [-0.05, 0) is 72.8 Å². The highest BCUT2D eigenvalue weighted by atomic mass is 16.8. The van der Waals surface area contributed by atoms with Crippen LogP contribution in [0.2, 0.25) is 0 Å². The lowest BCUT2D eigenvalue weighted by Gasteiger charge is -2.48. The van der Waals surface area contributed by atoms with E-state index in [1.807, 2.05) is 0 Å². The van der Waals surface area contributed by atoms with Crippen molar-refractivity contribution in [2.45, 2.75) is 61.4 Å². The summed E-state index contributed by atoms with van der Waals surface area (Å²) in [6, 6.07) is 47.9. The second-order valence-corrected chi connectivity index (χ2v) is 16.2. The summed E-state index contributed by atoms with van der Waals surface area (Å²) in [5, 5.41) is 0. The Morgan fingerprint density at radius 1 is 0.286 bits per heavy atom. The molecule has 16 nitrogen and oxygen atoms in total. The summed E-state index contributed by atoms with van der Waals surface area (Å²) in [5.41, 5.74) is 0.712. The van der Waals surface area contributed by atoms with Crippen molar-refractivity contribution in [3.8, 4) is 0 Å². The molecule has 0 amide bonds. The normalized spacial score (nSPS) is 24.9. The zero-order valence-electron chi connectivity index (χ0n) is 37.0. The van der Waals surface area contributed by atoms with Crippen LogP contribution < -0.4 is 0 Å². The van der Waals surface area contributed by atoms with E-state index < -0.39 is 110 Å². The first-order valence-electron chi connectivity index (χ1n) is 22.3. The third-order valence-electron chi connectivity index (χ3n) is 11.5. The molecule has 0 aromatic heterocycles. The van der Waals surface area contributed by atoms with Gasteiger partial charge in [0.15, 0.2) is 49.2 Å². The fourth-order valence-corrected chi connectivity index (χ4v) is 8.07. The Hall–Kier alpha value is -8.02. The quantitative estimate of drug-likeness (QED) is 0.0913. The molecule has 3 aliphatic rings. The molecule has 0 N–H and O–H groups in total. The summed E-state index contributed by atoms with van der Waals surface area (Å²) in [5.74, 6) is -5.22. The molecule has 9 rings (SSSR count). The van der Waals surface area contributed by atoms with Gasteiger partial charge in [-0.1, -0.05) is 109 Å². The van der Waals surface area contributed by atoms with Crippen LogP contribution in [0.4, 0.5) is 0 Å². The van der Waals surface area contributed by atoms with E-state index in [4.69, 9.17) is 47.4 Å². The van der Waals surface area contributed by atoms with Crippen LogP contribution in [-0.2, 0) is 47.4 Å². The summed E-state index contributed by atoms with van der Waals surface area (Å²) in [4.78, 5) is 84.1. The smallest absolute Gasteiger partial charge is 0.338 e. The van der Waals surface area contributed by atoms with Gasteiger partial charge in [-0.2, -0.15) is 0 Å². The van der Waals surface area contributed by atoms with Gasteiger partial charge in [-0.3, -0.25) is 0 Å². The lowest BCUT2D eigenvalue weighted by Crippen LogP contribution is -2.67. The van der Waals surface area contributed by atoms with Gasteiger partial charge in [0.2, 0.25) is 0 Å². The maximum absolute atomic E-state index is 14.0. The molecule has 0 spiro atoms. The van der Waals surface area contributed by atoms with Crippen molar-refractivity contribution in [1.29, 1.82) is 0 Å². The number of ether oxygens (including phenoxy) is 10. The van der Waals surface area contributed by atoms with Crippen LogP contribution in [0.5, 0.6) is 0 Å². The number of hydrogen-bond donors (Lipinski definition) is 0. The van der Waals surface area contributed by atoms with Crippen molar-refractivity contribution in [3.05, 3.63) is 215 Å². The average Bonchev–Trinajstić information content (AvgIpc) is 3.41. The van der Waals surface area contributed by atoms with Crippen LogP contribution in [-0.4, -0.2) is 110 Å². The van der Waals surface area contributed by atoms with E-state index in [1.165, 1.54) is 72.8 Å². The highest BCUT2D eigenvalue weighted by Crippen LogP contribution is 2.37. The van der Waals surface area contributed by atoms with Gasteiger partial charge in [0, 0.05) is 0 Å². The van der Waals surface area contributed by atoms with Gasteiger partial charge in [-0.15, -0.1) is 0 Å². The third kappa shape index (κ3) is 11.0. The van der Waals surface area contributed by atoms with Gasteiger partial charge in [0.25, 0.3) is 0 Å². The Kier molecular flexibility index (Phi) is 14.8. The van der Waals surface area contributed by atoms with E-state index in [1.54, 1.807) is 109 Å². The first-order valence-corrected chi connectivity index (χ1v) is 22.3. The summed E-state index contributed by atoms with van der Waals surface area (Å²) in [6.07, 6.45) is -15.9. The van der Waals surface area contributed by atoms with Gasteiger partial charge in [-0.25, -0.2) is 28.8 Å². The Morgan fingerprint density at radius 2 is 0.486 bits per heavy atom. The first kappa shape index (κ1) is 47.1. The minimum atomic E-state index is -1.67. The highest BCUT2D eigenvalue weighted by molar-refractivity contribution is 5.92. The van der Waals surface area contributed by atoms with Gasteiger partial charge < -0.3 is 47.4 Å². The van der Waals surface area contributed by atoms with E-state index >= 15 is 0 Å². The van der Waals surface area contributed by atoms with Gasteiger partial charge >= 0.3 is 35.8 Å². The molecule has 0 radical (unpaired) electrons. The number of rotatable bonds is 12. The Morgan fingerprint density at radius 3 is 0.714 bits per heavy atom. The predicted octanol–water partition coefficient (Wildman–Crippen LogP) is 6.84. The topological polar surface area (TPSA) is 195 Å². The maximum atomic E-state index is 14.0. The lowest BCUT2D eigenvalue weighted by molar-refractivity contribution is -0.354. The van der Waals surface area contributed by atoms with Crippen molar-refractivity contribution in [2.75, 3.05) is 13.2 Å². The molecule has 6 aromatic carbocycles. The van der Waals surface area contributed by atoms with Gasteiger partial charge in [0.05, 0.1) is 46.6 Å². The van der Waals surface area contributed by atoms with Crippen LogP contribution in [0.1, 0.15) is 62.1 Å². The molecular formula is C54H44O16. The standard InChI is InChI=1S/C54H44O16/c55-47(33-19-7-1-8-20-33)65-41-39-31-61-54-46(70-52(60)38-29-17-6-18-30-38)44(68-50(58)36-25-13-4-14-26-36)42(66-48(56)34-21-9-2-10-22-34)40(64-54)32-62-53(63-39)45(69-51(59)37-27-15-5-16-28-37)43(41)67-49(57)35-23-11-3-12-24-35/h1-30,39-46,53-54H,31-32H2/t39-,40-,41-,42-,43+,44+,45-,46-,53-,54-/m1/s1. The lowest BCUT2D eigenvalue weighted by atomic mass is 9.95. The molecular weight excluding hydrogens is 905 g/mol. The van der Waals surface area contributed by atoms with E-state index in [0.717, 1.165) is 0 Å². The van der Waals surface area contributed by atoms with E-state index in [2.05, 4.69) is 0 Å². The van der Waals surface area contributed by atoms with Crippen molar-refractivity contribution in [1.82, 2.24) is 0 Å². The monoisotopic (exact) mass is 948 g/mol. The van der Waals surface area contributed by atoms with Crippen LogP contribution in [0, 0.1) is 0 Å². The van der Waals surface area contributed by atoms with Gasteiger partial charge in [0.1, 0.15) is 12.2 Å². The molecule has 3 saturated heterocycles.